The fourth-order valence-electron chi connectivity index (χ4n) is 2.27. The van der Waals surface area contributed by atoms with Crippen molar-refractivity contribution in [1.82, 2.24) is 10.2 Å². The van der Waals surface area contributed by atoms with E-state index in [9.17, 15) is 9.59 Å². The Morgan fingerprint density at radius 1 is 1.44 bits per heavy atom. The van der Waals surface area contributed by atoms with Crippen LogP contribution in [-0.2, 0) is 9.59 Å². The third kappa shape index (κ3) is 2.25. The number of nitrogens with one attached hydrogen (secondary N) is 1. The van der Waals surface area contributed by atoms with E-state index >= 15 is 0 Å². The molecule has 0 aromatic carbocycles. The fourth-order valence-corrected chi connectivity index (χ4v) is 3.44. The lowest BCUT2D eigenvalue weighted by Crippen LogP contribution is -2.45. The summed E-state index contributed by atoms with van der Waals surface area (Å²) in [4.78, 5) is 25.0. The monoisotopic (exact) mass is 242 g/mol. The Balaban J connectivity index is 1.97. The first-order valence-corrected chi connectivity index (χ1v) is 6.94. The normalized spacial score (nSPS) is 30.8. The van der Waals surface area contributed by atoms with E-state index in [1.54, 1.807) is 0 Å². The number of thioether (sulfide) groups is 1. The van der Waals surface area contributed by atoms with Crippen molar-refractivity contribution in [3.05, 3.63) is 0 Å². The molecule has 0 aliphatic carbocycles. The van der Waals surface area contributed by atoms with Crippen LogP contribution in [0.4, 0.5) is 0 Å². The highest BCUT2D eigenvalue weighted by Gasteiger charge is 2.40. The first kappa shape index (κ1) is 11.9. The molecule has 16 heavy (non-hydrogen) atoms. The minimum atomic E-state index is -0.279. The molecule has 2 aliphatic rings. The summed E-state index contributed by atoms with van der Waals surface area (Å²) in [6.07, 6.45) is 1.43. The van der Waals surface area contributed by atoms with E-state index in [2.05, 4.69) is 5.32 Å². The van der Waals surface area contributed by atoms with Gasteiger partial charge in [-0.1, -0.05) is 0 Å². The van der Waals surface area contributed by atoms with Crippen molar-refractivity contribution < 1.29 is 9.59 Å². The Bertz CT molecular complexity index is 300. The van der Waals surface area contributed by atoms with Gasteiger partial charge in [-0.15, -0.1) is 0 Å². The van der Waals surface area contributed by atoms with Gasteiger partial charge in [0.25, 0.3) is 0 Å². The maximum atomic E-state index is 12.0. The van der Waals surface area contributed by atoms with Crippen LogP contribution in [0.15, 0.2) is 0 Å². The number of rotatable bonds is 3. The van der Waals surface area contributed by atoms with Crippen LogP contribution in [-0.4, -0.2) is 46.3 Å². The quantitative estimate of drug-likeness (QED) is 0.737. The van der Waals surface area contributed by atoms with E-state index in [0.717, 1.165) is 17.9 Å². The van der Waals surface area contributed by atoms with Crippen LogP contribution < -0.4 is 5.32 Å². The van der Waals surface area contributed by atoms with E-state index in [1.165, 1.54) is 4.90 Å². The predicted octanol–water partition coefficient (Wildman–Crippen LogP) is 0.617. The number of imide groups is 1. The molecule has 1 N–H and O–H groups in total. The van der Waals surface area contributed by atoms with Crippen LogP contribution >= 0.6 is 11.8 Å². The minimum Gasteiger partial charge on any atom is -0.302 e. The van der Waals surface area contributed by atoms with Gasteiger partial charge in [0.05, 0.1) is 12.5 Å². The smallest absolute Gasteiger partial charge is 0.247 e. The van der Waals surface area contributed by atoms with Crippen LogP contribution in [0.5, 0.6) is 0 Å². The second-order valence-electron chi connectivity index (χ2n) is 4.68. The lowest BCUT2D eigenvalue weighted by Gasteiger charge is -2.20. The molecule has 4 nitrogen and oxygen atoms in total. The summed E-state index contributed by atoms with van der Waals surface area (Å²) in [7, 11) is 0. The number of hydrogen-bond donors (Lipinski definition) is 1. The number of likely N-dealkylation sites (tertiary alicyclic amines) is 1. The van der Waals surface area contributed by atoms with Crippen LogP contribution in [0.2, 0.25) is 0 Å². The van der Waals surface area contributed by atoms with Gasteiger partial charge in [0, 0.05) is 17.8 Å². The van der Waals surface area contributed by atoms with Gasteiger partial charge >= 0.3 is 0 Å². The Morgan fingerprint density at radius 2 is 2.19 bits per heavy atom. The number of nitrogens with zero attached hydrogens (tertiary/aromatic N) is 1. The first-order chi connectivity index (χ1) is 7.59. The zero-order valence-electron chi connectivity index (χ0n) is 9.73. The number of carbonyl (C=O) groups is 2. The molecular formula is C11H18N2O2S. The second kappa shape index (κ2) is 4.75. The van der Waals surface area contributed by atoms with E-state index in [0.29, 0.717) is 12.5 Å². The zero-order chi connectivity index (χ0) is 11.7. The van der Waals surface area contributed by atoms with E-state index in [1.807, 2.05) is 25.6 Å². The predicted molar refractivity (Wildman–Crippen MR) is 64.3 cm³/mol. The Morgan fingerprint density at radius 3 is 2.69 bits per heavy atom. The van der Waals surface area contributed by atoms with Crippen molar-refractivity contribution in [3.63, 3.8) is 0 Å². The van der Waals surface area contributed by atoms with Gasteiger partial charge in [0.2, 0.25) is 11.8 Å². The van der Waals surface area contributed by atoms with Gasteiger partial charge < -0.3 is 5.32 Å². The Hall–Kier alpha value is -0.550. The maximum absolute atomic E-state index is 12.0. The molecule has 90 valence electrons. The summed E-state index contributed by atoms with van der Waals surface area (Å²) in [6.45, 7) is 3.76. The van der Waals surface area contributed by atoms with E-state index < -0.39 is 0 Å². The number of hydrogen-bond acceptors (Lipinski definition) is 4. The highest BCUT2D eigenvalue weighted by atomic mass is 32.2. The summed E-state index contributed by atoms with van der Waals surface area (Å²) in [6, 6.07) is 0.0993. The third-order valence-corrected chi connectivity index (χ3v) is 4.23. The van der Waals surface area contributed by atoms with Gasteiger partial charge in [0.1, 0.15) is 0 Å². The molecule has 2 aliphatic heterocycles. The minimum absolute atomic E-state index is 0.0234. The average molecular weight is 242 g/mol. The summed E-state index contributed by atoms with van der Waals surface area (Å²) >= 11 is 1.90. The van der Waals surface area contributed by atoms with Gasteiger partial charge in [-0.3, -0.25) is 14.5 Å². The highest BCUT2D eigenvalue weighted by molar-refractivity contribution is 7.99. The lowest BCUT2D eigenvalue weighted by molar-refractivity contribution is -0.140. The molecule has 2 unspecified atom stereocenters. The molecule has 2 rings (SSSR count). The molecule has 0 spiro atoms. The van der Waals surface area contributed by atoms with Crippen molar-refractivity contribution in [2.45, 2.75) is 44.8 Å². The van der Waals surface area contributed by atoms with Gasteiger partial charge in [-0.2, -0.15) is 11.8 Å². The summed E-state index contributed by atoms with van der Waals surface area (Å²) in [5.74, 6) is 2.13. The Labute approximate surface area is 100 Å². The largest absolute Gasteiger partial charge is 0.302 e. The van der Waals surface area contributed by atoms with Crippen molar-refractivity contribution in [3.8, 4) is 0 Å². The fraction of sp³-hybridized carbons (Fsp3) is 0.818. The van der Waals surface area contributed by atoms with Crippen LogP contribution in [0, 0.1) is 0 Å². The Kier molecular flexibility index (Phi) is 3.54. The maximum Gasteiger partial charge on any atom is 0.247 e. The molecule has 0 bridgehead atoms. The van der Waals surface area contributed by atoms with Crippen LogP contribution in [0.25, 0.3) is 0 Å². The molecule has 5 heteroatoms. The molecule has 0 radical (unpaired) electrons. The number of carbonyl (C=O) groups excluding carboxylic acids is 2. The average Bonchev–Trinajstić information content (AvgIpc) is 2.76. The molecule has 0 aromatic rings. The van der Waals surface area contributed by atoms with Crippen LogP contribution in [0.1, 0.15) is 26.7 Å². The van der Waals surface area contributed by atoms with Crippen molar-refractivity contribution in [2.75, 3.05) is 11.5 Å². The van der Waals surface area contributed by atoms with E-state index in [-0.39, 0.29) is 23.9 Å². The zero-order valence-corrected chi connectivity index (χ0v) is 10.5. The molecule has 2 heterocycles. The van der Waals surface area contributed by atoms with Gasteiger partial charge in [-0.05, 0) is 26.0 Å². The molecule has 0 saturated carbocycles. The molecule has 2 fully saturated rings. The topological polar surface area (TPSA) is 49.4 Å². The standard InChI is InChI=1S/C11H18N2O2S/c1-7(2)13-10(14)5-9(11(13)15)12-8-3-4-16-6-8/h7-9,12H,3-6H2,1-2H3. The SMILES string of the molecule is CC(C)N1C(=O)CC(NC2CCSC2)C1=O. The molecule has 2 atom stereocenters. The van der Waals surface area contributed by atoms with Gasteiger partial charge in [0.15, 0.2) is 0 Å². The van der Waals surface area contributed by atoms with Crippen molar-refractivity contribution in [2.24, 2.45) is 0 Å². The summed E-state index contributed by atoms with van der Waals surface area (Å²) in [5, 5.41) is 3.31. The van der Waals surface area contributed by atoms with Gasteiger partial charge in [-0.25, -0.2) is 0 Å². The molecule has 0 aromatic heterocycles. The second-order valence-corrected chi connectivity index (χ2v) is 5.83. The highest BCUT2D eigenvalue weighted by Crippen LogP contribution is 2.21. The lowest BCUT2D eigenvalue weighted by atomic mass is 10.2. The third-order valence-electron chi connectivity index (χ3n) is 3.07. The van der Waals surface area contributed by atoms with Crippen LogP contribution in [0.3, 0.4) is 0 Å². The first-order valence-electron chi connectivity index (χ1n) is 5.79. The van der Waals surface area contributed by atoms with E-state index in [4.69, 9.17) is 0 Å². The molecule has 2 saturated heterocycles. The summed E-state index contributed by atoms with van der Waals surface area (Å²) < 4.78 is 0. The summed E-state index contributed by atoms with van der Waals surface area (Å²) in [5.41, 5.74) is 0. The molecule has 2 amide bonds. The molecular weight excluding hydrogens is 224 g/mol. The van der Waals surface area contributed by atoms with Crippen molar-refractivity contribution in [1.29, 1.82) is 0 Å². The van der Waals surface area contributed by atoms with Crippen molar-refractivity contribution >= 4 is 23.6 Å². The number of amides is 2.